The van der Waals surface area contributed by atoms with Gasteiger partial charge in [0.15, 0.2) is 5.75 Å². The molecule has 0 aliphatic carbocycles. The first-order valence-electron chi connectivity index (χ1n) is 9.78. The SMILES string of the molecule is CS(=O)(=O)Nc1ccccc1-c1cc(Oc2c(Br)cc(-n3ncc(=O)[nH]c3=O)cc2Br)ccc1O. The van der Waals surface area contributed by atoms with Crippen molar-refractivity contribution in [3.8, 4) is 34.1 Å². The number of aromatic hydroxyl groups is 1. The number of hydrogen-bond acceptors (Lipinski definition) is 7. The van der Waals surface area contributed by atoms with Crippen LogP contribution in [-0.2, 0) is 10.0 Å². The minimum absolute atomic E-state index is 0.0721. The molecule has 180 valence electrons. The predicted molar refractivity (Wildman–Crippen MR) is 138 cm³/mol. The van der Waals surface area contributed by atoms with E-state index < -0.39 is 21.3 Å². The zero-order chi connectivity index (χ0) is 25.3. The molecule has 0 amide bonds. The Balaban J connectivity index is 1.72. The maximum Gasteiger partial charge on any atom is 0.349 e. The number of rotatable bonds is 6. The van der Waals surface area contributed by atoms with E-state index in [1.54, 1.807) is 48.5 Å². The number of ether oxygens (including phenoxy) is 1. The van der Waals surface area contributed by atoms with E-state index in [0.29, 0.717) is 42.9 Å². The summed E-state index contributed by atoms with van der Waals surface area (Å²) in [4.78, 5) is 25.5. The van der Waals surface area contributed by atoms with Gasteiger partial charge in [0, 0.05) is 11.1 Å². The molecular weight excluding hydrogens is 608 g/mol. The number of phenolic OH excluding ortho intramolecular Hbond substituents is 1. The van der Waals surface area contributed by atoms with Crippen LogP contribution in [0.5, 0.6) is 17.2 Å². The minimum atomic E-state index is -3.55. The fourth-order valence-electron chi connectivity index (χ4n) is 3.22. The number of aromatic nitrogens is 3. The summed E-state index contributed by atoms with van der Waals surface area (Å²) in [5, 5.41) is 14.3. The van der Waals surface area contributed by atoms with Crippen molar-refractivity contribution >= 4 is 47.6 Å². The number of phenols is 1. The third kappa shape index (κ3) is 5.63. The first-order valence-corrected chi connectivity index (χ1v) is 13.3. The molecule has 1 aromatic heterocycles. The molecule has 35 heavy (non-hydrogen) atoms. The molecule has 0 bridgehead atoms. The molecule has 10 nitrogen and oxygen atoms in total. The Bertz CT molecular complexity index is 1640. The normalized spacial score (nSPS) is 11.3. The first kappa shape index (κ1) is 24.7. The molecule has 0 fully saturated rings. The molecule has 4 aromatic rings. The standard InChI is InChI=1S/C22H16Br2N4O6S/c1-35(32,33)27-18-5-3-2-4-14(18)15-10-13(6-7-19(15)29)34-21-16(23)8-12(9-17(21)24)28-22(31)26-20(30)11-25-28/h2-11,27,29H,1H3,(H,26,30,31). The van der Waals surface area contributed by atoms with Crippen molar-refractivity contribution in [3.63, 3.8) is 0 Å². The highest BCUT2D eigenvalue weighted by molar-refractivity contribution is 9.11. The van der Waals surface area contributed by atoms with Gasteiger partial charge in [0.2, 0.25) is 10.0 Å². The molecule has 1 heterocycles. The quantitative estimate of drug-likeness (QED) is 0.295. The maximum absolute atomic E-state index is 12.1. The highest BCUT2D eigenvalue weighted by Crippen LogP contribution is 2.42. The smallest absolute Gasteiger partial charge is 0.349 e. The molecule has 0 saturated heterocycles. The summed E-state index contributed by atoms with van der Waals surface area (Å²) in [5.41, 5.74) is 0.160. The summed E-state index contributed by atoms with van der Waals surface area (Å²) in [6, 6.07) is 14.4. The van der Waals surface area contributed by atoms with E-state index in [1.807, 2.05) is 0 Å². The topological polar surface area (TPSA) is 143 Å². The van der Waals surface area contributed by atoms with E-state index >= 15 is 0 Å². The van der Waals surface area contributed by atoms with Gasteiger partial charge in [-0.1, -0.05) is 18.2 Å². The number of halogens is 2. The van der Waals surface area contributed by atoms with Crippen molar-refractivity contribution in [3.05, 3.63) is 90.6 Å². The number of benzene rings is 3. The summed E-state index contributed by atoms with van der Waals surface area (Å²) < 4.78 is 34.0. The average molecular weight is 624 g/mol. The van der Waals surface area contributed by atoms with Crippen LogP contribution in [0.3, 0.4) is 0 Å². The van der Waals surface area contributed by atoms with E-state index in [-0.39, 0.29) is 5.75 Å². The number of anilines is 1. The third-order valence-electron chi connectivity index (χ3n) is 4.64. The van der Waals surface area contributed by atoms with Crippen molar-refractivity contribution in [2.45, 2.75) is 0 Å². The number of para-hydroxylation sites is 1. The van der Waals surface area contributed by atoms with Crippen LogP contribution in [-0.4, -0.2) is 34.5 Å². The van der Waals surface area contributed by atoms with Gasteiger partial charge in [-0.05, 0) is 68.3 Å². The second-order valence-corrected chi connectivity index (χ2v) is 10.7. The maximum atomic E-state index is 12.1. The molecule has 0 atom stereocenters. The Morgan fingerprint density at radius 2 is 1.71 bits per heavy atom. The fraction of sp³-hybridized carbons (Fsp3) is 0.0455. The van der Waals surface area contributed by atoms with Gasteiger partial charge in [-0.3, -0.25) is 14.5 Å². The summed E-state index contributed by atoms with van der Waals surface area (Å²) in [5.74, 6) is 0.642. The second kappa shape index (κ2) is 9.68. The number of nitrogens with one attached hydrogen (secondary N) is 2. The number of hydrogen-bond donors (Lipinski definition) is 3. The lowest BCUT2D eigenvalue weighted by molar-refractivity contribution is 0.463. The van der Waals surface area contributed by atoms with Crippen LogP contribution in [0, 0.1) is 0 Å². The Kier molecular flexibility index (Phi) is 6.83. The van der Waals surface area contributed by atoms with Crippen LogP contribution >= 0.6 is 31.9 Å². The Morgan fingerprint density at radius 1 is 1.03 bits per heavy atom. The largest absolute Gasteiger partial charge is 0.507 e. The van der Waals surface area contributed by atoms with E-state index in [4.69, 9.17) is 4.74 Å². The monoisotopic (exact) mass is 622 g/mol. The Morgan fingerprint density at radius 3 is 2.37 bits per heavy atom. The van der Waals surface area contributed by atoms with E-state index in [1.165, 1.54) is 6.07 Å². The van der Waals surface area contributed by atoms with Crippen LogP contribution in [0.2, 0.25) is 0 Å². The summed E-state index contributed by atoms with van der Waals surface area (Å²) in [6.45, 7) is 0. The summed E-state index contributed by atoms with van der Waals surface area (Å²) in [6.07, 6.45) is 2.03. The lowest BCUT2D eigenvalue weighted by atomic mass is 10.0. The van der Waals surface area contributed by atoms with E-state index in [0.717, 1.165) is 17.1 Å². The van der Waals surface area contributed by atoms with Crippen molar-refractivity contribution < 1.29 is 18.3 Å². The van der Waals surface area contributed by atoms with Crippen molar-refractivity contribution in [1.29, 1.82) is 0 Å². The van der Waals surface area contributed by atoms with Crippen LogP contribution in [0.25, 0.3) is 16.8 Å². The van der Waals surface area contributed by atoms with Crippen molar-refractivity contribution in [2.24, 2.45) is 0 Å². The van der Waals surface area contributed by atoms with Gasteiger partial charge < -0.3 is 9.84 Å². The molecule has 0 unspecified atom stereocenters. The van der Waals surface area contributed by atoms with Crippen LogP contribution in [0.4, 0.5) is 5.69 Å². The van der Waals surface area contributed by atoms with Gasteiger partial charge >= 0.3 is 5.69 Å². The number of sulfonamides is 1. The number of nitrogens with zero attached hydrogens (tertiary/aromatic N) is 2. The molecule has 3 aromatic carbocycles. The lowest BCUT2D eigenvalue weighted by Crippen LogP contribution is -2.30. The van der Waals surface area contributed by atoms with Crippen LogP contribution in [0.15, 0.2) is 79.3 Å². The molecule has 0 radical (unpaired) electrons. The number of H-pyrrole nitrogens is 1. The van der Waals surface area contributed by atoms with Gasteiger partial charge in [-0.2, -0.15) is 9.78 Å². The molecule has 3 N–H and O–H groups in total. The lowest BCUT2D eigenvalue weighted by Gasteiger charge is -2.15. The van der Waals surface area contributed by atoms with Crippen LogP contribution < -0.4 is 20.7 Å². The Hall–Kier alpha value is -3.42. The molecule has 0 aliphatic heterocycles. The molecular formula is C22H16Br2N4O6S. The van der Waals surface area contributed by atoms with E-state index in [9.17, 15) is 23.1 Å². The van der Waals surface area contributed by atoms with Gasteiger partial charge in [0.25, 0.3) is 5.56 Å². The summed E-state index contributed by atoms with van der Waals surface area (Å²) >= 11 is 6.84. The summed E-state index contributed by atoms with van der Waals surface area (Å²) in [7, 11) is -3.55. The molecule has 0 saturated carbocycles. The fourth-order valence-corrected chi connectivity index (χ4v) is 5.12. The van der Waals surface area contributed by atoms with E-state index in [2.05, 4.69) is 46.7 Å². The second-order valence-electron chi connectivity index (χ2n) is 7.29. The van der Waals surface area contributed by atoms with Gasteiger partial charge in [-0.25, -0.2) is 13.2 Å². The molecule has 0 spiro atoms. The zero-order valence-electron chi connectivity index (χ0n) is 17.8. The van der Waals surface area contributed by atoms with Gasteiger partial charge in [0.1, 0.15) is 17.7 Å². The van der Waals surface area contributed by atoms with Gasteiger partial charge in [-0.15, -0.1) is 0 Å². The Labute approximate surface area is 215 Å². The molecule has 4 rings (SSSR count). The molecule has 0 aliphatic rings. The molecule has 13 heteroatoms. The van der Waals surface area contributed by atoms with Crippen LogP contribution in [0.1, 0.15) is 0 Å². The highest BCUT2D eigenvalue weighted by atomic mass is 79.9. The average Bonchev–Trinajstić information content (AvgIpc) is 2.76. The van der Waals surface area contributed by atoms with Crippen molar-refractivity contribution in [2.75, 3.05) is 11.0 Å². The highest BCUT2D eigenvalue weighted by Gasteiger charge is 2.16. The van der Waals surface area contributed by atoms with Gasteiger partial charge in [0.05, 0.1) is 26.6 Å². The third-order valence-corrected chi connectivity index (χ3v) is 6.41. The zero-order valence-corrected chi connectivity index (χ0v) is 21.8. The first-order chi connectivity index (χ1) is 16.5. The predicted octanol–water partition coefficient (Wildman–Crippen LogP) is 3.98. The minimum Gasteiger partial charge on any atom is -0.507 e. The number of aromatic amines is 1. The van der Waals surface area contributed by atoms with Crippen molar-refractivity contribution in [1.82, 2.24) is 14.8 Å².